The van der Waals surface area contributed by atoms with Crippen LogP contribution in [0.15, 0.2) is 0 Å². The predicted octanol–water partition coefficient (Wildman–Crippen LogP) is 5.97. The van der Waals surface area contributed by atoms with Crippen molar-refractivity contribution < 1.29 is 9.90 Å². The van der Waals surface area contributed by atoms with Crippen LogP contribution in [-0.4, -0.2) is 49.2 Å². The first kappa shape index (κ1) is 25.3. The molecule has 3 heterocycles. The molecule has 5 rings (SSSR count). The van der Waals surface area contributed by atoms with Crippen LogP contribution in [-0.2, 0) is 6.54 Å². The molecule has 8 heteroatoms. The summed E-state index contributed by atoms with van der Waals surface area (Å²) in [6.45, 7) is 11.0. The predicted molar refractivity (Wildman–Crippen MR) is 144 cm³/mol. The Kier molecular flexibility index (Phi) is 7.40. The van der Waals surface area contributed by atoms with Gasteiger partial charge in [0.05, 0.1) is 0 Å². The average molecular weight is 497 g/mol. The first-order chi connectivity index (χ1) is 17.3. The van der Waals surface area contributed by atoms with Gasteiger partial charge in [-0.1, -0.05) is 40.0 Å². The number of aromatic nitrogens is 4. The lowest BCUT2D eigenvalue weighted by Gasteiger charge is -2.39. The molecule has 8 nitrogen and oxygen atoms in total. The minimum atomic E-state index is -1.10. The molecule has 36 heavy (non-hydrogen) atoms. The lowest BCUT2D eigenvalue weighted by atomic mass is 9.80. The van der Waals surface area contributed by atoms with Crippen molar-refractivity contribution in [2.45, 2.75) is 111 Å². The molecule has 0 radical (unpaired) electrons. The van der Waals surface area contributed by atoms with Gasteiger partial charge in [-0.2, -0.15) is 4.98 Å². The first-order valence-corrected chi connectivity index (χ1v) is 14.4. The van der Waals surface area contributed by atoms with Crippen LogP contribution < -0.4 is 10.2 Å². The Morgan fingerprint density at radius 1 is 1.00 bits per heavy atom. The number of aromatic carboxylic acids is 1. The Hall–Kier alpha value is -2.38. The van der Waals surface area contributed by atoms with Crippen molar-refractivity contribution in [2.24, 2.45) is 23.7 Å². The normalized spacial score (nSPS) is 26.2. The van der Waals surface area contributed by atoms with Crippen molar-refractivity contribution in [3.05, 3.63) is 5.82 Å². The van der Waals surface area contributed by atoms with E-state index in [1.54, 1.807) is 0 Å². The molecule has 198 valence electrons. The molecular weight excluding hydrogens is 452 g/mol. The number of carbonyl (C=O) groups is 1. The Morgan fingerprint density at radius 2 is 1.75 bits per heavy atom. The molecule has 2 aliphatic carbocycles. The second-order valence-electron chi connectivity index (χ2n) is 12.1. The molecule has 1 unspecified atom stereocenters. The van der Waals surface area contributed by atoms with Gasteiger partial charge in [-0.15, -0.1) is 0 Å². The summed E-state index contributed by atoms with van der Waals surface area (Å²) in [5.41, 5.74) is 1.39. The van der Waals surface area contributed by atoms with Crippen LogP contribution in [0.25, 0.3) is 11.2 Å². The smallest absolute Gasteiger partial charge is 0.374 e. The number of anilines is 2. The maximum atomic E-state index is 12.0. The fourth-order valence-electron chi connectivity index (χ4n) is 6.56. The van der Waals surface area contributed by atoms with Gasteiger partial charge in [0.2, 0.25) is 11.8 Å². The van der Waals surface area contributed by atoms with E-state index < -0.39 is 5.97 Å². The van der Waals surface area contributed by atoms with Crippen LogP contribution in [0.3, 0.4) is 0 Å². The van der Waals surface area contributed by atoms with E-state index in [0.29, 0.717) is 35.3 Å². The summed E-state index contributed by atoms with van der Waals surface area (Å²) in [5, 5.41) is 13.4. The monoisotopic (exact) mass is 496 g/mol. The molecule has 1 aliphatic heterocycles. The molecule has 1 saturated heterocycles. The summed E-state index contributed by atoms with van der Waals surface area (Å²) in [5.74, 6) is 2.83. The van der Waals surface area contributed by atoms with E-state index in [4.69, 9.17) is 4.98 Å². The molecule has 0 bridgehead atoms. The van der Waals surface area contributed by atoms with Gasteiger partial charge in [-0.3, -0.25) is 0 Å². The van der Waals surface area contributed by atoms with Crippen LogP contribution in [0.5, 0.6) is 0 Å². The summed E-state index contributed by atoms with van der Waals surface area (Å²) < 4.78 is 2.36. The zero-order valence-electron chi connectivity index (χ0n) is 22.5. The molecule has 3 aliphatic rings. The fraction of sp³-hybridized carbons (Fsp3) is 0.786. The highest BCUT2D eigenvalue weighted by Gasteiger charge is 2.33. The zero-order valence-corrected chi connectivity index (χ0v) is 22.5. The summed E-state index contributed by atoms with van der Waals surface area (Å²) in [4.78, 5) is 28.6. The van der Waals surface area contributed by atoms with E-state index in [1.807, 2.05) is 0 Å². The van der Waals surface area contributed by atoms with Gasteiger partial charge < -0.3 is 19.9 Å². The highest BCUT2D eigenvalue weighted by Crippen LogP contribution is 2.37. The molecule has 3 fully saturated rings. The second-order valence-corrected chi connectivity index (χ2v) is 12.1. The number of carboxylic acid groups (broad SMARTS) is 1. The van der Waals surface area contributed by atoms with Crippen LogP contribution in [0, 0.1) is 23.7 Å². The third-order valence-corrected chi connectivity index (χ3v) is 9.15. The van der Waals surface area contributed by atoms with Crippen molar-refractivity contribution in [1.82, 2.24) is 19.5 Å². The molecule has 2 N–H and O–H groups in total. The Labute approximate surface area is 215 Å². The van der Waals surface area contributed by atoms with Gasteiger partial charge in [0, 0.05) is 25.2 Å². The van der Waals surface area contributed by atoms with Crippen LogP contribution in [0.1, 0.15) is 103 Å². The molecule has 0 aromatic carbocycles. The number of fused-ring (bicyclic) bond motifs is 1. The molecule has 0 spiro atoms. The third-order valence-electron chi connectivity index (χ3n) is 9.15. The van der Waals surface area contributed by atoms with Crippen molar-refractivity contribution in [1.29, 1.82) is 0 Å². The lowest BCUT2D eigenvalue weighted by molar-refractivity contribution is 0.0684. The number of piperidine rings is 1. The molecular formula is C28H44N6O2. The van der Waals surface area contributed by atoms with Crippen molar-refractivity contribution in [3.63, 3.8) is 0 Å². The number of nitrogens with one attached hydrogen (secondary N) is 1. The van der Waals surface area contributed by atoms with Crippen LogP contribution in [0.2, 0.25) is 0 Å². The van der Waals surface area contributed by atoms with Gasteiger partial charge in [-0.05, 0) is 75.5 Å². The van der Waals surface area contributed by atoms with E-state index in [0.717, 1.165) is 43.3 Å². The van der Waals surface area contributed by atoms with Crippen molar-refractivity contribution >= 4 is 28.9 Å². The summed E-state index contributed by atoms with van der Waals surface area (Å²) in [6, 6.07) is 0.664. The number of carboxylic acids is 1. The molecule has 2 saturated carbocycles. The number of hydrogen-bond donors (Lipinski definition) is 2. The summed E-state index contributed by atoms with van der Waals surface area (Å²) in [6.07, 6.45) is 12.3. The Bertz CT molecular complexity index is 1070. The number of hydrogen-bond acceptors (Lipinski definition) is 6. The van der Waals surface area contributed by atoms with Gasteiger partial charge in [0.25, 0.3) is 0 Å². The summed E-state index contributed by atoms with van der Waals surface area (Å²) >= 11 is 0. The van der Waals surface area contributed by atoms with Gasteiger partial charge in [0.1, 0.15) is 5.52 Å². The minimum Gasteiger partial charge on any atom is -0.475 e. The number of nitrogens with zero attached hydrogens (tertiary/aromatic N) is 5. The standard InChI is InChI=1S/C28H44N6O2/c1-17(2)22-10-5-6-15-33(22)28-32-25-23(34(28)16-20-13-11-18(3)12-14-20)24(30-26(31-25)27(35)36)29-19(4)21-8-7-9-21/h17-22H,5-16H2,1-4H3,(H,35,36)(H,29,30,31)/t18-,19-,20-,22?/m1/s1. The number of imidazole rings is 1. The van der Waals surface area contributed by atoms with E-state index >= 15 is 0 Å². The summed E-state index contributed by atoms with van der Waals surface area (Å²) in [7, 11) is 0. The van der Waals surface area contributed by atoms with Crippen molar-refractivity contribution in [3.8, 4) is 0 Å². The largest absolute Gasteiger partial charge is 0.475 e. The van der Waals surface area contributed by atoms with Crippen LogP contribution >= 0.6 is 0 Å². The Morgan fingerprint density at radius 3 is 2.39 bits per heavy atom. The van der Waals surface area contributed by atoms with E-state index in [-0.39, 0.29) is 11.9 Å². The maximum absolute atomic E-state index is 12.0. The third kappa shape index (κ3) is 5.05. The second kappa shape index (κ2) is 10.5. The average Bonchev–Trinajstić information content (AvgIpc) is 3.17. The molecule has 2 atom stereocenters. The van der Waals surface area contributed by atoms with Gasteiger partial charge in [0.15, 0.2) is 11.5 Å². The van der Waals surface area contributed by atoms with Gasteiger partial charge >= 0.3 is 5.97 Å². The highest BCUT2D eigenvalue weighted by atomic mass is 16.4. The first-order valence-electron chi connectivity index (χ1n) is 14.4. The van der Waals surface area contributed by atoms with Gasteiger partial charge in [-0.25, -0.2) is 14.8 Å². The fourth-order valence-corrected chi connectivity index (χ4v) is 6.56. The molecule has 2 aromatic heterocycles. The van der Waals surface area contributed by atoms with E-state index in [1.165, 1.54) is 51.4 Å². The molecule has 0 amide bonds. The highest BCUT2D eigenvalue weighted by molar-refractivity contribution is 5.91. The molecule has 2 aromatic rings. The SMILES string of the molecule is CC(C)C1CCCCN1c1nc2nc(C(=O)O)nc(N[C@H](C)C3CCC3)c2n1C[C@H]1CC[C@H](C)CC1. The van der Waals surface area contributed by atoms with E-state index in [9.17, 15) is 9.90 Å². The topological polar surface area (TPSA) is 96.2 Å². The maximum Gasteiger partial charge on any atom is 0.374 e. The lowest BCUT2D eigenvalue weighted by Crippen LogP contribution is -2.44. The van der Waals surface area contributed by atoms with Crippen molar-refractivity contribution in [2.75, 3.05) is 16.8 Å². The number of rotatable bonds is 8. The van der Waals surface area contributed by atoms with E-state index in [2.05, 4.69) is 52.4 Å². The zero-order chi connectivity index (χ0) is 25.4. The Balaban J connectivity index is 1.62. The van der Waals surface area contributed by atoms with Crippen LogP contribution in [0.4, 0.5) is 11.8 Å². The quantitative estimate of drug-likeness (QED) is 0.465. The minimum absolute atomic E-state index is 0.174.